The first-order chi connectivity index (χ1) is 10.4. The molecule has 0 fully saturated rings. The molecule has 1 heterocycles. The second-order valence-electron chi connectivity index (χ2n) is 5.75. The fourth-order valence-electron chi connectivity index (χ4n) is 2.65. The monoisotopic (exact) mass is 303 g/mol. The molecular weight excluding hydrogens is 278 g/mol. The third-order valence-electron chi connectivity index (χ3n) is 3.68. The topological polar surface area (TPSA) is 54.6 Å². The maximum atomic E-state index is 10.7. The summed E-state index contributed by atoms with van der Waals surface area (Å²) in [6, 6.07) is 9.83. The van der Waals surface area contributed by atoms with E-state index >= 15 is 0 Å². The van der Waals surface area contributed by atoms with E-state index in [1.807, 2.05) is 51.1 Å². The SMILES string of the molecule is CCOc1ccccc1CNCC(C)(O)c1cc(C)oc1C. The molecule has 2 aromatic rings. The Labute approximate surface area is 132 Å². The Bertz CT molecular complexity index is 617. The average Bonchev–Trinajstić information content (AvgIpc) is 2.81. The average molecular weight is 303 g/mol. The van der Waals surface area contributed by atoms with Gasteiger partial charge in [0.05, 0.1) is 6.61 Å². The lowest BCUT2D eigenvalue weighted by molar-refractivity contribution is 0.0551. The van der Waals surface area contributed by atoms with Crippen molar-refractivity contribution < 1.29 is 14.3 Å². The smallest absolute Gasteiger partial charge is 0.123 e. The molecule has 0 saturated carbocycles. The lowest BCUT2D eigenvalue weighted by Crippen LogP contribution is -2.35. The molecule has 1 unspecified atom stereocenters. The molecule has 0 amide bonds. The second kappa shape index (κ2) is 6.99. The van der Waals surface area contributed by atoms with E-state index in [1.165, 1.54) is 0 Å². The van der Waals surface area contributed by atoms with Gasteiger partial charge in [-0.2, -0.15) is 0 Å². The molecule has 22 heavy (non-hydrogen) atoms. The van der Waals surface area contributed by atoms with Crippen molar-refractivity contribution in [2.75, 3.05) is 13.2 Å². The van der Waals surface area contributed by atoms with Gasteiger partial charge in [-0.3, -0.25) is 0 Å². The molecule has 4 heteroatoms. The summed E-state index contributed by atoms with van der Waals surface area (Å²) < 4.78 is 11.1. The van der Waals surface area contributed by atoms with Gasteiger partial charge in [0.25, 0.3) is 0 Å². The Morgan fingerprint density at radius 1 is 1.27 bits per heavy atom. The van der Waals surface area contributed by atoms with Gasteiger partial charge in [0.15, 0.2) is 0 Å². The Balaban J connectivity index is 2.00. The van der Waals surface area contributed by atoms with Gasteiger partial charge >= 0.3 is 0 Å². The van der Waals surface area contributed by atoms with Crippen LogP contribution in [-0.2, 0) is 12.1 Å². The highest BCUT2D eigenvalue weighted by atomic mass is 16.5. The molecule has 2 N–H and O–H groups in total. The van der Waals surface area contributed by atoms with E-state index in [-0.39, 0.29) is 0 Å². The lowest BCUT2D eigenvalue weighted by atomic mass is 9.96. The predicted octanol–water partition coefficient (Wildman–Crippen LogP) is 3.29. The van der Waals surface area contributed by atoms with Gasteiger partial charge in [-0.15, -0.1) is 0 Å². The van der Waals surface area contributed by atoms with Crippen molar-refractivity contribution in [3.05, 3.63) is 53.0 Å². The summed E-state index contributed by atoms with van der Waals surface area (Å²) in [5.74, 6) is 2.46. The molecule has 1 atom stereocenters. The number of ether oxygens (including phenoxy) is 1. The molecule has 0 aliphatic carbocycles. The van der Waals surface area contributed by atoms with E-state index in [9.17, 15) is 5.11 Å². The molecule has 1 aromatic carbocycles. The van der Waals surface area contributed by atoms with Crippen LogP contribution in [0.4, 0.5) is 0 Å². The van der Waals surface area contributed by atoms with Crippen LogP contribution in [0.15, 0.2) is 34.7 Å². The summed E-state index contributed by atoms with van der Waals surface area (Å²) in [5.41, 5.74) is 0.943. The van der Waals surface area contributed by atoms with Crippen molar-refractivity contribution >= 4 is 0 Å². The van der Waals surface area contributed by atoms with Crippen molar-refractivity contribution in [2.45, 2.75) is 39.8 Å². The van der Waals surface area contributed by atoms with Gasteiger partial charge in [0.1, 0.15) is 22.9 Å². The third kappa shape index (κ3) is 3.90. The van der Waals surface area contributed by atoms with Gasteiger partial charge < -0.3 is 19.6 Å². The minimum atomic E-state index is -0.970. The molecular formula is C18H25NO3. The standard InChI is InChI=1S/C18H25NO3/c1-5-21-17-9-7-6-8-15(17)11-19-12-18(4,20)16-10-13(2)22-14(16)3/h6-10,19-20H,5,11-12H2,1-4H3. The van der Waals surface area contributed by atoms with Gasteiger partial charge in [0, 0.05) is 24.2 Å². The first kappa shape index (κ1) is 16.6. The number of benzene rings is 1. The molecule has 0 saturated heterocycles. The minimum absolute atomic E-state index is 0.438. The first-order valence-electron chi connectivity index (χ1n) is 7.65. The zero-order valence-electron chi connectivity index (χ0n) is 13.8. The maximum absolute atomic E-state index is 10.7. The highest BCUT2D eigenvalue weighted by Crippen LogP contribution is 2.26. The largest absolute Gasteiger partial charge is 0.494 e. The number of aliphatic hydroxyl groups is 1. The Hall–Kier alpha value is -1.78. The molecule has 0 radical (unpaired) electrons. The Kier molecular flexibility index (Phi) is 5.27. The maximum Gasteiger partial charge on any atom is 0.123 e. The van der Waals surface area contributed by atoms with Crippen LogP contribution in [0.5, 0.6) is 5.75 Å². The summed E-state index contributed by atoms with van der Waals surface area (Å²) in [6.07, 6.45) is 0. The number of para-hydroxylation sites is 1. The summed E-state index contributed by atoms with van der Waals surface area (Å²) in [4.78, 5) is 0. The van der Waals surface area contributed by atoms with Crippen molar-refractivity contribution in [3.63, 3.8) is 0 Å². The fourth-order valence-corrected chi connectivity index (χ4v) is 2.65. The Morgan fingerprint density at radius 2 is 2.00 bits per heavy atom. The fraction of sp³-hybridized carbons (Fsp3) is 0.444. The van der Waals surface area contributed by atoms with E-state index in [2.05, 4.69) is 5.32 Å². The van der Waals surface area contributed by atoms with Crippen molar-refractivity contribution in [3.8, 4) is 5.75 Å². The molecule has 1 aromatic heterocycles. The number of hydrogen-bond acceptors (Lipinski definition) is 4. The van der Waals surface area contributed by atoms with Gasteiger partial charge in [0.2, 0.25) is 0 Å². The van der Waals surface area contributed by atoms with Crippen LogP contribution in [0.2, 0.25) is 0 Å². The number of furan rings is 1. The van der Waals surface area contributed by atoms with Crippen LogP contribution in [0.25, 0.3) is 0 Å². The minimum Gasteiger partial charge on any atom is -0.494 e. The predicted molar refractivity (Wildman–Crippen MR) is 87.1 cm³/mol. The van der Waals surface area contributed by atoms with Crippen molar-refractivity contribution in [1.29, 1.82) is 0 Å². The van der Waals surface area contributed by atoms with Crippen molar-refractivity contribution in [2.24, 2.45) is 0 Å². The van der Waals surface area contributed by atoms with E-state index < -0.39 is 5.60 Å². The number of aryl methyl sites for hydroxylation is 2. The van der Waals surface area contributed by atoms with Crippen LogP contribution < -0.4 is 10.1 Å². The lowest BCUT2D eigenvalue weighted by Gasteiger charge is -2.23. The van der Waals surface area contributed by atoms with Crippen LogP contribution in [-0.4, -0.2) is 18.3 Å². The molecule has 0 bridgehead atoms. The van der Waals surface area contributed by atoms with Gasteiger partial charge in [-0.05, 0) is 39.8 Å². The quantitative estimate of drug-likeness (QED) is 0.824. The van der Waals surface area contributed by atoms with E-state index in [1.54, 1.807) is 6.92 Å². The molecule has 0 aliphatic heterocycles. The van der Waals surface area contributed by atoms with E-state index in [0.717, 1.165) is 28.4 Å². The Morgan fingerprint density at radius 3 is 2.64 bits per heavy atom. The summed E-state index contributed by atoms with van der Waals surface area (Å²) in [6.45, 7) is 9.25. The zero-order valence-corrected chi connectivity index (χ0v) is 13.8. The van der Waals surface area contributed by atoms with E-state index in [0.29, 0.717) is 19.7 Å². The molecule has 0 spiro atoms. The number of nitrogens with one attached hydrogen (secondary N) is 1. The highest BCUT2D eigenvalue weighted by molar-refractivity contribution is 5.33. The van der Waals surface area contributed by atoms with Crippen LogP contribution >= 0.6 is 0 Å². The van der Waals surface area contributed by atoms with Crippen LogP contribution in [0.1, 0.15) is 36.5 Å². The molecule has 120 valence electrons. The second-order valence-corrected chi connectivity index (χ2v) is 5.75. The molecule has 4 nitrogen and oxygen atoms in total. The normalized spacial score (nSPS) is 13.9. The van der Waals surface area contributed by atoms with Gasteiger partial charge in [-0.1, -0.05) is 18.2 Å². The zero-order chi connectivity index (χ0) is 16.2. The highest BCUT2D eigenvalue weighted by Gasteiger charge is 2.27. The summed E-state index contributed by atoms with van der Waals surface area (Å²) in [7, 11) is 0. The van der Waals surface area contributed by atoms with Gasteiger partial charge in [-0.25, -0.2) is 0 Å². The number of rotatable bonds is 7. The molecule has 0 aliphatic rings. The van der Waals surface area contributed by atoms with Crippen molar-refractivity contribution in [1.82, 2.24) is 5.32 Å². The van der Waals surface area contributed by atoms with Crippen LogP contribution in [0, 0.1) is 13.8 Å². The summed E-state index contributed by atoms with van der Waals surface area (Å²) >= 11 is 0. The third-order valence-corrected chi connectivity index (χ3v) is 3.68. The van der Waals surface area contributed by atoms with E-state index in [4.69, 9.17) is 9.15 Å². The first-order valence-corrected chi connectivity index (χ1v) is 7.65. The van der Waals surface area contributed by atoms with Crippen LogP contribution in [0.3, 0.4) is 0 Å². The molecule has 2 rings (SSSR count). The number of hydrogen-bond donors (Lipinski definition) is 2. The summed E-state index contributed by atoms with van der Waals surface area (Å²) in [5, 5.41) is 14.0.